The molecule has 2 atom stereocenters. The van der Waals surface area contributed by atoms with Crippen LogP contribution < -0.4 is 10.5 Å². The Kier molecular flexibility index (Phi) is 4.01. The summed E-state index contributed by atoms with van der Waals surface area (Å²) in [6, 6.07) is 3.33. The smallest absolute Gasteiger partial charge is 0.238 e. The summed E-state index contributed by atoms with van der Waals surface area (Å²) >= 11 is 0. The fraction of sp³-hybridized carbons (Fsp3) is 0.500. The lowest BCUT2D eigenvalue weighted by molar-refractivity contribution is -0.0176. The second-order valence-corrected chi connectivity index (χ2v) is 6.47. The zero-order valence-electron chi connectivity index (χ0n) is 11.0. The van der Waals surface area contributed by atoms with Crippen molar-refractivity contribution >= 4 is 15.7 Å². The van der Waals surface area contributed by atoms with Crippen LogP contribution in [0.3, 0.4) is 0 Å². The van der Waals surface area contributed by atoms with E-state index in [2.05, 4.69) is 5.32 Å². The van der Waals surface area contributed by atoms with Crippen molar-refractivity contribution in [2.45, 2.75) is 29.9 Å². The maximum absolute atomic E-state index is 13.8. The largest absolute Gasteiger partial charge is 0.385 e. The topological polar surface area (TPSA) is 102 Å². The van der Waals surface area contributed by atoms with Gasteiger partial charge in [-0.05, 0) is 25.1 Å². The van der Waals surface area contributed by atoms with Gasteiger partial charge in [-0.3, -0.25) is 0 Å². The maximum Gasteiger partial charge on any atom is 0.238 e. The molecule has 6 nitrogen and oxygen atoms in total. The van der Waals surface area contributed by atoms with Crippen molar-refractivity contribution in [3.8, 4) is 0 Å². The van der Waals surface area contributed by atoms with E-state index < -0.39 is 21.4 Å². The first kappa shape index (κ1) is 15.2. The van der Waals surface area contributed by atoms with Crippen LogP contribution in [0.25, 0.3) is 0 Å². The van der Waals surface area contributed by atoms with Crippen molar-refractivity contribution in [3.05, 3.63) is 24.0 Å². The maximum atomic E-state index is 13.8. The van der Waals surface area contributed by atoms with Gasteiger partial charge in [-0.25, -0.2) is 17.9 Å². The number of primary sulfonamides is 1. The molecular formula is C12H17FN2O4S. The molecule has 112 valence electrons. The number of halogens is 1. The number of nitrogens with one attached hydrogen (secondary N) is 1. The molecule has 0 aromatic heterocycles. The second-order valence-electron chi connectivity index (χ2n) is 4.91. The molecule has 0 spiro atoms. The Morgan fingerprint density at radius 2 is 2.30 bits per heavy atom. The second kappa shape index (κ2) is 5.28. The Balaban J connectivity index is 2.11. The quantitative estimate of drug-likeness (QED) is 0.748. The lowest BCUT2D eigenvalue weighted by Crippen LogP contribution is -2.43. The summed E-state index contributed by atoms with van der Waals surface area (Å²) in [5, 5.41) is 18.0. The molecule has 1 aromatic carbocycles. The molecule has 20 heavy (non-hydrogen) atoms. The highest BCUT2D eigenvalue weighted by molar-refractivity contribution is 7.89. The van der Waals surface area contributed by atoms with E-state index in [1.807, 2.05) is 0 Å². The highest BCUT2D eigenvalue weighted by atomic mass is 32.2. The van der Waals surface area contributed by atoms with Gasteiger partial charge in [0.05, 0.1) is 16.7 Å². The molecular weight excluding hydrogens is 287 g/mol. The lowest BCUT2D eigenvalue weighted by Gasteiger charge is -2.26. The number of aliphatic hydroxyl groups is 1. The first-order chi connectivity index (χ1) is 9.22. The minimum atomic E-state index is -3.93. The average Bonchev–Trinajstić information content (AvgIpc) is 2.67. The Labute approximate surface area is 116 Å². The van der Waals surface area contributed by atoms with Gasteiger partial charge >= 0.3 is 0 Å². The normalized spacial score (nSPS) is 26.7. The average molecular weight is 304 g/mol. The summed E-state index contributed by atoms with van der Waals surface area (Å²) in [7, 11) is -3.93. The number of nitrogens with two attached hydrogens (primary N) is 1. The molecule has 0 aliphatic carbocycles. The third kappa shape index (κ3) is 3.09. The molecule has 0 radical (unpaired) electrons. The molecule has 1 aliphatic rings. The summed E-state index contributed by atoms with van der Waals surface area (Å²) in [6.45, 7) is 2.31. The third-order valence-electron chi connectivity index (χ3n) is 3.51. The molecule has 1 fully saturated rings. The van der Waals surface area contributed by atoms with Gasteiger partial charge in [-0.2, -0.15) is 0 Å². The summed E-state index contributed by atoms with van der Waals surface area (Å²) < 4.78 is 41.2. The molecule has 0 saturated carbocycles. The molecule has 4 N–H and O–H groups in total. The molecule has 2 rings (SSSR count). The van der Waals surface area contributed by atoms with Gasteiger partial charge in [0.15, 0.2) is 0 Å². The lowest BCUT2D eigenvalue weighted by atomic mass is 9.96. The Hall–Kier alpha value is -1.22. The molecule has 1 saturated heterocycles. The van der Waals surface area contributed by atoms with Crippen molar-refractivity contribution < 1.29 is 22.7 Å². The minimum Gasteiger partial charge on any atom is -0.385 e. The van der Waals surface area contributed by atoms with Gasteiger partial charge in [0.25, 0.3) is 0 Å². The van der Waals surface area contributed by atoms with Gasteiger partial charge in [-0.1, -0.05) is 0 Å². The molecule has 1 aromatic rings. The molecule has 1 heterocycles. The minimum absolute atomic E-state index is 0.102. The van der Waals surface area contributed by atoms with Crippen LogP contribution in [0.1, 0.15) is 13.3 Å². The molecule has 2 unspecified atom stereocenters. The summed E-state index contributed by atoms with van der Waals surface area (Å²) in [6.07, 6.45) is 0.111. The number of benzene rings is 1. The Morgan fingerprint density at radius 1 is 1.60 bits per heavy atom. The predicted molar refractivity (Wildman–Crippen MR) is 71.2 cm³/mol. The molecule has 0 amide bonds. The van der Waals surface area contributed by atoms with Crippen molar-refractivity contribution in [1.29, 1.82) is 0 Å². The van der Waals surface area contributed by atoms with E-state index in [0.717, 1.165) is 6.07 Å². The number of hydrogen-bond acceptors (Lipinski definition) is 5. The van der Waals surface area contributed by atoms with E-state index in [0.29, 0.717) is 13.0 Å². The summed E-state index contributed by atoms with van der Waals surface area (Å²) in [4.78, 5) is -0.295. The molecule has 1 aliphatic heterocycles. The van der Waals surface area contributed by atoms with Crippen LogP contribution in [0.2, 0.25) is 0 Å². The van der Waals surface area contributed by atoms with E-state index in [1.165, 1.54) is 12.1 Å². The zero-order valence-corrected chi connectivity index (χ0v) is 11.8. The number of sulfonamides is 1. The molecule has 0 bridgehead atoms. The van der Waals surface area contributed by atoms with Gasteiger partial charge in [-0.15, -0.1) is 0 Å². The van der Waals surface area contributed by atoms with Crippen LogP contribution in [0, 0.1) is 5.82 Å². The van der Waals surface area contributed by atoms with Crippen molar-refractivity contribution in [2.24, 2.45) is 5.14 Å². The van der Waals surface area contributed by atoms with Gasteiger partial charge in [0, 0.05) is 19.6 Å². The van der Waals surface area contributed by atoms with E-state index in [9.17, 15) is 17.9 Å². The van der Waals surface area contributed by atoms with Crippen LogP contribution in [0.15, 0.2) is 23.1 Å². The number of rotatable bonds is 4. The van der Waals surface area contributed by atoms with Crippen LogP contribution in [-0.2, 0) is 14.8 Å². The van der Waals surface area contributed by atoms with Crippen LogP contribution >= 0.6 is 0 Å². The van der Waals surface area contributed by atoms with Crippen LogP contribution in [0.4, 0.5) is 10.1 Å². The first-order valence-corrected chi connectivity index (χ1v) is 7.67. The van der Waals surface area contributed by atoms with E-state index in [1.54, 1.807) is 6.92 Å². The fourth-order valence-corrected chi connectivity index (χ4v) is 2.59. The third-order valence-corrected chi connectivity index (χ3v) is 4.42. The zero-order chi connectivity index (χ0) is 15.0. The monoisotopic (exact) mass is 304 g/mol. The highest BCUT2D eigenvalue weighted by Gasteiger charge is 2.39. The SMILES string of the molecule is CC1OCCC1(O)CNc1ccc(S(N)(=O)=O)cc1F. The number of hydrogen-bond donors (Lipinski definition) is 3. The van der Waals surface area contributed by atoms with Crippen LogP contribution in [-0.4, -0.2) is 38.4 Å². The van der Waals surface area contributed by atoms with E-state index in [4.69, 9.17) is 9.88 Å². The van der Waals surface area contributed by atoms with Gasteiger partial charge in [0.2, 0.25) is 10.0 Å². The van der Waals surface area contributed by atoms with E-state index >= 15 is 0 Å². The summed E-state index contributed by atoms with van der Waals surface area (Å²) in [5.74, 6) is -0.744. The Morgan fingerprint density at radius 3 is 2.80 bits per heavy atom. The Bertz CT molecular complexity index is 607. The standard InChI is InChI=1S/C12H17FN2O4S/c1-8-12(16,4-5-19-8)7-15-11-3-2-9(6-10(11)13)20(14,17)18/h2-3,6,8,15-16H,4-5,7H2,1H3,(H2,14,17,18). The fourth-order valence-electron chi connectivity index (χ4n) is 2.07. The number of anilines is 1. The van der Waals surface area contributed by atoms with Crippen molar-refractivity contribution in [3.63, 3.8) is 0 Å². The van der Waals surface area contributed by atoms with Gasteiger partial charge in [0.1, 0.15) is 11.4 Å². The summed E-state index contributed by atoms with van der Waals surface area (Å²) in [5.41, 5.74) is -0.963. The highest BCUT2D eigenvalue weighted by Crippen LogP contribution is 2.27. The van der Waals surface area contributed by atoms with Crippen molar-refractivity contribution in [1.82, 2.24) is 0 Å². The van der Waals surface area contributed by atoms with Crippen molar-refractivity contribution in [2.75, 3.05) is 18.5 Å². The first-order valence-electron chi connectivity index (χ1n) is 6.12. The van der Waals surface area contributed by atoms with Gasteiger partial charge < -0.3 is 15.2 Å². The van der Waals surface area contributed by atoms with Crippen LogP contribution in [0.5, 0.6) is 0 Å². The molecule has 8 heteroatoms. The number of ether oxygens (including phenoxy) is 1. The predicted octanol–water partition coefficient (Wildman–Crippen LogP) is 0.425. The van der Waals surface area contributed by atoms with E-state index in [-0.39, 0.29) is 23.2 Å².